The van der Waals surface area contributed by atoms with Crippen molar-refractivity contribution in [2.75, 3.05) is 13.1 Å². The molecule has 2 fully saturated rings. The lowest BCUT2D eigenvalue weighted by Crippen LogP contribution is -2.40. The van der Waals surface area contributed by atoms with Gasteiger partial charge in [0.05, 0.1) is 11.9 Å². The van der Waals surface area contributed by atoms with Gasteiger partial charge in [-0.15, -0.1) is 0 Å². The Morgan fingerprint density at radius 3 is 2.84 bits per heavy atom. The topological polar surface area (TPSA) is 28.2 Å². The van der Waals surface area contributed by atoms with Crippen LogP contribution in [0.3, 0.4) is 0 Å². The highest BCUT2D eigenvalue weighted by Crippen LogP contribution is 2.34. The molecule has 1 aliphatic carbocycles. The number of rotatable bonds is 5. The van der Waals surface area contributed by atoms with E-state index in [1.165, 1.54) is 37.9 Å². The fraction of sp³-hybridized carbons (Fsp3) is 0.667. The molecule has 3 rings (SSSR count). The van der Waals surface area contributed by atoms with Gasteiger partial charge in [0.15, 0.2) is 0 Å². The molecule has 19 heavy (non-hydrogen) atoms. The van der Waals surface area contributed by atoms with Crippen molar-refractivity contribution < 1.29 is 4.39 Å². The largest absolute Gasteiger partial charge is 0.313 e. The molecule has 1 saturated carbocycles. The lowest BCUT2D eigenvalue weighted by molar-refractivity contribution is 0.179. The van der Waals surface area contributed by atoms with Gasteiger partial charge in [0.25, 0.3) is 0 Å². The average molecular weight is 263 g/mol. The maximum absolute atomic E-state index is 13.0. The molecule has 4 heteroatoms. The van der Waals surface area contributed by atoms with Gasteiger partial charge in [0.1, 0.15) is 5.82 Å². The Kier molecular flexibility index (Phi) is 3.80. The summed E-state index contributed by atoms with van der Waals surface area (Å²) in [7, 11) is 0. The molecule has 0 radical (unpaired) electrons. The first-order valence-electron chi connectivity index (χ1n) is 7.34. The third kappa shape index (κ3) is 3.12. The molecule has 0 aromatic carbocycles. The van der Waals surface area contributed by atoms with E-state index in [1.807, 2.05) is 6.07 Å². The fourth-order valence-corrected chi connectivity index (χ4v) is 3.00. The SMILES string of the molecule is CC(c1ccc(F)cn1)N(CC1CCCN1)C1CC1. The lowest BCUT2D eigenvalue weighted by Gasteiger charge is -2.31. The monoisotopic (exact) mass is 263 g/mol. The Bertz CT molecular complexity index is 410. The summed E-state index contributed by atoms with van der Waals surface area (Å²) in [5, 5.41) is 3.56. The molecular formula is C15H22FN3. The van der Waals surface area contributed by atoms with E-state index in [2.05, 4.69) is 22.1 Å². The second-order valence-corrected chi connectivity index (χ2v) is 5.80. The smallest absolute Gasteiger partial charge is 0.141 e. The van der Waals surface area contributed by atoms with Crippen LogP contribution in [0.1, 0.15) is 44.3 Å². The van der Waals surface area contributed by atoms with Crippen LogP contribution in [-0.2, 0) is 0 Å². The van der Waals surface area contributed by atoms with Gasteiger partial charge in [-0.05, 0) is 51.3 Å². The molecule has 2 heterocycles. The van der Waals surface area contributed by atoms with Crippen molar-refractivity contribution in [3.05, 3.63) is 29.8 Å². The minimum atomic E-state index is -0.258. The Morgan fingerprint density at radius 2 is 2.26 bits per heavy atom. The van der Waals surface area contributed by atoms with E-state index in [1.54, 1.807) is 0 Å². The third-order valence-electron chi connectivity index (χ3n) is 4.29. The zero-order chi connectivity index (χ0) is 13.2. The Morgan fingerprint density at radius 1 is 1.42 bits per heavy atom. The third-order valence-corrected chi connectivity index (χ3v) is 4.29. The molecular weight excluding hydrogens is 241 g/mol. The molecule has 1 aromatic rings. The highest BCUT2D eigenvalue weighted by Gasteiger charge is 2.35. The van der Waals surface area contributed by atoms with Crippen molar-refractivity contribution in [3.8, 4) is 0 Å². The zero-order valence-corrected chi connectivity index (χ0v) is 11.5. The quantitative estimate of drug-likeness (QED) is 0.884. The molecule has 2 aliphatic rings. The first-order chi connectivity index (χ1) is 9.24. The first kappa shape index (κ1) is 13.0. The molecule has 2 unspecified atom stereocenters. The number of halogens is 1. The summed E-state index contributed by atoms with van der Waals surface area (Å²) >= 11 is 0. The summed E-state index contributed by atoms with van der Waals surface area (Å²) in [6, 6.07) is 4.91. The van der Waals surface area contributed by atoms with Gasteiger partial charge in [0.2, 0.25) is 0 Å². The second kappa shape index (κ2) is 5.55. The summed E-state index contributed by atoms with van der Waals surface area (Å²) in [4.78, 5) is 6.79. The highest BCUT2D eigenvalue weighted by atomic mass is 19.1. The van der Waals surface area contributed by atoms with Crippen molar-refractivity contribution in [3.63, 3.8) is 0 Å². The number of hydrogen-bond acceptors (Lipinski definition) is 3. The Balaban J connectivity index is 1.69. The maximum Gasteiger partial charge on any atom is 0.141 e. The molecule has 1 N–H and O–H groups in total. The Labute approximate surface area is 114 Å². The predicted octanol–water partition coefficient (Wildman–Crippen LogP) is 2.50. The molecule has 1 aromatic heterocycles. The van der Waals surface area contributed by atoms with Crippen molar-refractivity contribution >= 4 is 0 Å². The molecule has 104 valence electrons. The molecule has 1 aliphatic heterocycles. The van der Waals surface area contributed by atoms with Gasteiger partial charge >= 0.3 is 0 Å². The van der Waals surface area contributed by atoms with Gasteiger partial charge in [-0.3, -0.25) is 9.88 Å². The van der Waals surface area contributed by atoms with Gasteiger partial charge in [-0.1, -0.05) is 0 Å². The summed E-state index contributed by atoms with van der Waals surface area (Å²) < 4.78 is 13.0. The number of hydrogen-bond donors (Lipinski definition) is 1. The molecule has 2 atom stereocenters. The van der Waals surface area contributed by atoms with Crippen LogP contribution in [0.5, 0.6) is 0 Å². The molecule has 3 nitrogen and oxygen atoms in total. The van der Waals surface area contributed by atoms with E-state index >= 15 is 0 Å². The van der Waals surface area contributed by atoms with Crippen molar-refractivity contribution in [1.82, 2.24) is 15.2 Å². The predicted molar refractivity (Wildman–Crippen MR) is 73.4 cm³/mol. The van der Waals surface area contributed by atoms with Crippen LogP contribution in [0, 0.1) is 5.82 Å². The standard InChI is InChI=1S/C15H22FN3/c1-11(15-7-4-12(16)9-18-15)19(14-5-6-14)10-13-3-2-8-17-13/h4,7,9,11,13-14,17H,2-3,5-6,8,10H2,1H3. The number of nitrogens with one attached hydrogen (secondary N) is 1. The summed E-state index contributed by atoms with van der Waals surface area (Å²) in [6.07, 6.45) is 6.46. The van der Waals surface area contributed by atoms with Crippen molar-refractivity contribution in [2.24, 2.45) is 0 Å². The van der Waals surface area contributed by atoms with Crippen LogP contribution >= 0.6 is 0 Å². The molecule has 0 bridgehead atoms. The second-order valence-electron chi connectivity index (χ2n) is 5.80. The van der Waals surface area contributed by atoms with Crippen LogP contribution in [0.2, 0.25) is 0 Å². The normalized spacial score (nSPS) is 24.9. The minimum absolute atomic E-state index is 0.258. The number of pyridine rings is 1. The van der Waals surface area contributed by atoms with Crippen LogP contribution < -0.4 is 5.32 Å². The Hall–Kier alpha value is -1.00. The fourth-order valence-electron chi connectivity index (χ4n) is 3.00. The first-order valence-corrected chi connectivity index (χ1v) is 7.34. The van der Waals surface area contributed by atoms with Crippen LogP contribution in [0.25, 0.3) is 0 Å². The van der Waals surface area contributed by atoms with Gasteiger partial charge in [-0.25, -0.2) is 4.39 Å². The zero-order valence-electron chi connectivity index (χ0n) is 11.5. The molecule has 0 spiro atoms. The van der Waals surface area contributed by atoms with E-state index in [9.17, 15) is 4.39 Å². The van der Waals surface area contributed by atoms with Crippen LogP contribution in [0.4, 0.5) is 4.39 Å². The summed E-state index contributed by atoms with van der Waals surface area (Å²) in [5.41, 5.74) is 0.978. The van der Waals surface area contributed by atoms with E-state index in [0.717, 1.165) is 18.8 Å². The highest BCUT2D eigenvalue weighted by molar-refractivity contribution is 5.10. The number of aromatic nitrogens is 1. The summed E-state index contributed by atoms with van der Waals surface area (Å²) in [5.74, 6) is -0.258. The average Bonchev–Trinajstić information content (AvgIpc) is 3.13. The summed E-state index contributed by atoms with van der Waals surface area (Å²) in [6.45, 7) is 4.42. The van der Waals surface area contributed by atoms with Crippen LogP contribution in [0.15, 0.2) is 18.3 Å². The van der Waals surface area contributed by atoms with Gasteiger partial charge in [0, 0.05) is 24.7 Å². The minimum Gasteiger partial charge on any atom is -0.313 e. The molecule has 1 saturated heterocycles. The van der Waals surface area contributed by atoms with E-state index in [-0.39, 0.29) is 11.9 Å². The van der Waals surface area contributed by atoms with Crippen LogP contribution in [-0.4, -0.2) is 35.1 Å². The van der Waals surface area contributed by atoms with Gasteiger partial charge < -0.3 is 5.32 Å². The molecule has 0 amide bonds. The van der Waals surface area contributed by atoms with E-state index < -0.39 is 0 Å². The van der Waals surface area contributed by atoms with Crippen molar-refractivity contribution in [1.29, 1.82) is 0 Å². The number of nitrogens with zero attached hydrogens (tertiary/aromatic N) is 2. The van der Waals surface area contributed by atoms with E-state index in [4.69, 9.17) is 0 Å². The van der Waals surface area contributed by atoms with E-state index in [0.29, 0.717) is 12.1 Å². The maximum atomic E-state index is 13.0. The van der Waals surface area contributed by atoms with Gasteiger partial charge in [-0.2, -0.15) is 0 Å². The lowest BCUT2D eigenvalue weighted by atomic mass is 10.1. The van der Waals surface area contributed by atoms with Crippen molar-refractivity contribution in [2.45, 2.75) is 50.7 Å².